The van der Waals surface area contributed by atoms with E-state index in [0.29, 0.717) is 52.4 Å². The number of rotatable bonds is 13. The first kappa shape index (κ1) is 52.6. The lowest BCUT2D eigenvalue weighted by atomic mass is 9.75. The summed E-state index contributed by atoms with van der Waals surface area (Å²) in [6.45, 7) is 4.26. The van der Waals surface area contributed by atoms with Crippen molar-refractivity contribution in [1.82, 2.24) is 0 Å². The number of nitrogens with two attached hydrogens (primary N) is 1. The Morgan fingerprint density at radius 3 is 2.56 bits per heavy atom. The third-order valence-electron chi connectivity index (χ3n) is 15.7. The van der Waals surface area contributed by atoms with E-state index in [4.69, 9.17) is 19.9 Å². The van der Waals surface area contributed by atoms with Crippen LogP contribution in [0, 0.1) is 23.9 Å². The van der Waals surface area contributed by atoms with Crippen molar-refractivity contribution in [3.8, 4) is 29.3 Å². The Morgan fingerprint density at radius 1 is 0.947 bits per heavy atom. The molecular formula is C64H71N3O8. The number of nitrogens with one attached hydrogen (secondary N) is 1. The summed E-state index contributed by atoms with van der Waals surface area (Å²) >= 11 is 0. The van der Waals surface area contributed by atoms with E-state index in [1.165, 1.54) is 11.1 Å². The van der Waals surface area contributed by atoms with Gasteiger partial charge in [-0.15, -0.1) is 0 Å². The lowest BCUT2D eigenvalue weighted by molar-refractivity contribution is -0.121. The molecule has 0 fully saturated rings. The van der Waals surface area contributed by atoms with Gasteiger partial charge in [0.05, 0.1) is 13.0 Å². The van der Waals surface area contributed by atoms with Crippen LogP contribution in [-0.2, 0) is 35.4 Å². The standard InChI is InChI=1S/C64H71N3O8/c1-5-6-8-19-49-42(18-13-20-56(49)67-64(65)66-3)16-11-12-17-43-32-44-24-27-48(41-14-9-7-10-15-41)51-29-30-74-47(33-45(43)34-57(44)69)35-46(68)25-22-40-23-28-59(73-4)60(31-40)75-38-55-50-26-21-39(2)52-37-58(70)62(51)54(61(50)52)36-53(55)63(71)72/h7,9-10,13-15,18,20-21,23-24,26-28,31-32,34,36-37,39,43,45,47-48,51,63,69-72H,5-6,8,11-12,16-17,19,22,25,33,35,38H2,1-4H3,(H3,65,66,67). The number of hydrogen-bond acceptors (Lipinski definition) is 9. The van der Waals surface area contributed by atoms with Crippen molar-refractivity contribution in [2.75, 3.05) is 19.5 Å². The van der Waals surface area contributed by atoms with Gasteiger partial charge in [-0.2, -0.15) is 0 Å². The Morgan fingerprint density at radius 2 is 1.77 bits per heavy atom. The minimum atomic E-state index is -1.89. The molecule has 6 unspecified atom stereocenters. The van der Waals surface area contributed by atoms with Crippen LogP contribution >= 0.6 is 0 Å². The number of ketones is 1. The predicted molar refractivity (Wildman–Crippen MR) is 298 cm³/mol. The van der Waals surface area contributed by atoms with E-state index in [9.17, 15) is 25.2 Å². The average Bonchev–Trinajstić information content (AvgIpc) is 3.42. The Labute approximate surface area is 441 Å². The summed E-state index contributed by atoms with van der Waals surface area (Å²) in [5, 5.41) is 51.6. The summed E-state index contributed by atoms with van der Waals surface area (Å²) in [5.41, 5.74) is 15.1. The maximum absolute atomic E-state index is 14.2. The molecule has 0 spiro atoms. The smallest absolute Gasteiger partial charge is 0.192 e. The van der Waals surface area contributed by atoms with E-state index >= 15 is 0 Å². The molecular weight excluding hydrogens is 939 g/mol. The van der Waals surface area contributed by atoms with Crippen molar-refractivity contribution >= 4 is 34.3 Å². The second kappa shape index (κ2) is 24.0. The summed E-state index contributed by atoms with van der Waals surface area (Å²) in [6.07, 6.45) is 21.9. The van der Waals surface area contributed by atoms with E-state index in [1.54, 1.807) is 20.2 Å². The normalized spacial score (nSPS) is 21.5. The van der Waals surface area contributed by atoms with Crippen molar-refractivity contribution in [2.45, 2.75) is 128 Å². The highest BCUT2D eigenvalue weighted by atomic mass is 16.5. The first-order valence-electron chi connectivity index (χ1n) is 26.8. The van der Waals surface area contributed by atoms with Crippen molar-refractivity contribution in [3.63, 3.8) is 0 Å². The third kappa shape index (κ3) is 11.8. The first-order chi connectivity index (χ1) is 36.4. The van der Waals surface area contributed by atoms with Crippen LogP contribution in [0.2, 0.25) is 0 Å². The molecule has 5 aromatic rings. The number of carbonyl (C=O) groups is 1. The second-order valence-corrected chi connectivity index (χ2v) is 20.6. The summed E-state index contributed by atoms with van der Waals surface area (Å²) in [5.74, 6) is 3.48. The largest absolute Gasteiger partial charge is 0.508 e. The first-order valence-corrected chi connectivity index (χ1v) is 26.8. The number of aromatic hydroxyl groups is 1. The zero-order chi connectivity index (χ0) is 52.6. The maximum Gasteiger partial charge on any atom is 0.192 e. The number of nitrogens with zero attached hydrogens (tertiary/aromatic N) is 1. The van der Waals surface area contributed by atoms with Crippen LogP contribution in [0.3, 0.4) is 0 Å². The van der Waals surface area contributed by atoms with Crippen molar-refractivity contribution in [1.29, 1.82) is 0 Å². The Hall–Kier alpha value is -7.26. The van der Waals surface area contributed by atoms with Gasteiger partial charge in [-0.3, -0.25) is 9.79 Å². The number of benzene rings is 5. The van der Waals surface area contributed by atoms with Gasteiger partial charge in [-0.1, -0.05) is 118 Å². The van der Waals surface area contributed by atoms with Crippen LogP contribution in [0.5, 0.6) is 17.2 Å². The van der Waals surface area contributed by atoms with Gasteiger partial charge in [0.15, 0.2) is 23.7 Å². The van der Waals surface area contributed by atoms with Crippen LogP contribution in [0.15, 0.2) is 126 Å². The number of guanidine groups is 1. The molecule has 4 aliphatic heterocycles. The van der Waals surface area contributed by atoms with Gasteiger partial charge < -0.3 is 45.7 Å². The summed E-state index contributed by atoms with van der Waals surface area (Å²) < 4.78 is 18.9. The number of ether oxygens (including phenoxy) is 3. The minimum Gasteiger partial charge on any atom is -0.508 e. The molecule has 11 nitrogen and oxygen atoms in total. The van der Waals surface area contributed by atoms with E-state index in [2.05, 4.69) is 60.5 Å². The molecule has 4 heterocycles. The number of aliphatic hydroxyl groups excluding tert-OH is 2. The number of aliphatic imine (C=N–C) groups is 1. The van der Waals surface area contributed by atoms with E-state index in [-0.39, 0.29) is 60.1 Å². The number of phenolic OH excluding ortho intramolecular Hbond substituents is 1. The van der Waals surface area contributed by atoms with Gasteiger partial charge in [0, 0.05) is 59.7 Å². The zero-order valence-electron chi connectivity index (χ0n) is 43.6. The quantitative estimate of drug-likeness (QED) is 0.0219. The number of methoxy groups -OCH3 is 1. The monoisotopic (exact) mass is 1010 g/mol. The Bertz CT molecular complexity index is 3120. The molecule has 0 aromatic heterocycles. The molecule has 75 heavy (non-hydrogen) atoms. The van der Waals surface area contributed by atoms with Crippen molar-refractivity contribution in [2.24, 2.45) is 22.6 Å². The topological polar surface area (TPSA) is 176 Å². The molecule has 11 rings (SSSR count). The van der Waals surface area contributed by atoms with E-state index in [1.807, 2.05) is 85.0 Å². The molecule has 390 valence electrons. The molecule has 0 saturated heterocycles. The summed E-state index contributed by atoms with van der Waals surface area (Å²) in [4.78, 5) is 18.4. The van der Waals surface area contributed by atoms with Crippen LogP contribution in [0.4, 0.5) is 5.69 Å². The highest BCUT2D eigenvalue weighted by Crippen LogP contribution is 2.49. The number of allylic oxidation sites excluding steroid dienone is 5. The maximum atomic E-state index is 14.2. The highest BCUT2D eigenvalue weighted by molar-refractivity contribution is 6.01. The SMILES string of the molecule is CCCCCc1c(CCCCC2C=C3C=CC(c4ccccc4)C4C#COC(CC(=O)CCc5ccc(OC)c(c5)OCc5c(C(O)O)cc6c4c(O)cc4c6c5C=CC4C)CC2C=C3O)cccc1NC(N)=NC. The number of hydrogen-bond donors (Lipinski definition) is 6. The van der Waals surface area contributed by atoms with E-state index in [0.717, 1.165) is 84.7 Å². The fraction of sp³-hybridized carbons (Fsp3) is 0.375. The number of aliphatic hydroxyl groups is 3. The number of anilines is 1. The van der Waals surface area contributed by atoms with Gasteiger partial charge in [0.1, 0.15) is 36.1 Å². The molecule has 6 atom stereocenters. The van der Waals surface area contributed by atoms with Crippen molar-refractivity contribution < 1.29 is 39.4 Å². The molecule has 0 amide bonds. The summed E-state index contributed by atoms with van der Waals surface area (Å²) in [6, 6.07) is 25.5. The third-order valence-corrected chi connectivity index (χ3v) is 15.7. The molecule has 5 aromatic carbocycles. The predicted octanol–water partition coefficient (Wildman–Crippen LogP) is 12.4. The van der Waals surface area contributed by atoms with Crippen LogP contribution < -0.4 is 20.5 Å². The lowest BCUT2D eigenvalue weighted by Gasteiger charge is -2.29. The number of phenols is 1. The molecule has 0 saturated carbocycles. The number of fused-ring (bicyclic) bond motifs is 7. The van der Waals surface area contributed by atoms with Gasteiger partial charge in [0.25, 0.3) is 0 Å². The fourth-order valence-corrected chi connectivity index (χ4v) is 11.7. The minimum absolute atomic E-state index is 0.00283. The highest BCUT2D eigenvalue weighted by Gasteiger charge is 2.34. The van der Waals surface area contributed by atoms with Gasteiger partial charge in [-0.05, 0) is 137 Å². The molecule has 11 heteroatoms. The van der Waals surface area contributed by atoms with Crippen LogP contribution in [0.25, 0.3) is 16.8 Å². The van der Waals surface area contributed by atoms with Gasteiger partial charge >= 0.3 is 0 Å². The molecule has 10 bridgehead atoms. The molecule has 6 aliphatic rings. The van der Waals surface area contributed by atoms with Crippen LogP contribution in [0.1, 0.15) is 146 Å². The zero-order valence-corrected chi connectivity index (χ0v) is 43.6. The van der Waals surface area contributed by atoms with Gasteiger partial charge in [-0.25, -0.2) is 0 Å². The molecule has 7 N–H and O–H groups in total. The molecule has 2 aliphatic carbocycles. The fourth-order valence-electron chi connectivity index (χ4n) is 11.7. The van der Waals surface area contributed by atoms with E-state index < -0.39 is 24.2 Å². The lowest BCUT2D eigenvalue weighted by Crippen LogP contribution is -2.25. The van der Waals surface area contributed by atoms with Crippen LogP contribution in [-0.4, -0.2) is 52.4 Å². The number of aryl methyl sites for hydroxylation is 2. The number of carbonyl (C=O) groups excluding carboxylic acids is 1. The number of Topliss-reactive ketones (excluding diaryl/α,β-unsaturated/α-hetero) is 1. The Kier molecular flexibility index (Phi) is 16.8. The number of unbranched alkanes of at least 4 members (excludes halogenated alkanes) is 3. The average molecular weight is 1010 g/mol. The van der Waals surface area contributed by atoms with Crippen molar-refractivity contribution in [3.05, 3.63) is 171 Å². The van der Waals surface area contributed by atoms with Gasteiger partial charge in [0.2, 0.25) is 0 Å². The molecule has 0 radical (unpaired) electrons. The summed E-state index contributed by atoms with van der Waals surface area (Å²) in [7, 11) is 3.26. The second-order valence-electron chi connectivity index (χ2n) is 20.6. The Balaban J connectivity index is 1.16.